The van der Waals surface area contributed by atoms with Gasteiger partial charge in [0.25, 0.3) is 0 Å². The van der Waals surface area contributed by atoms with Crippen LogP contribution in [-0.2, 0) is 6.42 Å². The van der Waals surface area contributed by atoms with Crippen LogP contribution in [0.5, 0.6) is 46.0 Å². The Kier molecular flexibility index (Phi) is 6.01. The molecular weight excluding hydrogens is 520 g/mol. The molecule has 0 spiro atoms. The van der Waals surface area contributed by atoms with E-state index in [1.807, 2.05) is 0 Å². The fourth-order valence-electron chi connectivity index (χ4n) is 5.60. The molecule has 2 aliphatic rings. The molecule has 2 aliphatic heterocycles. The summed E-state index contributed by atoms with van der Waals surface area (Å²) in [7, 11) is 0. The fourth-order valence-corrected chi connectivity index (χ4v) is 5.60. The standard InChI is InChI=1S/C30H26O10/c31-15-5-1-13(2-6-15)28-22(37)11-18-19(34)12-21(36)25(30(18)40-28)26-24-20(35)9-17(33)10-23(24)39-29(27(26)38)14-3-7-16(32)8-4-14/h1-10,12,22,26-29,31-38H,11H2/t22-,26-,27-,28-,29-/m1/s1. The second kappa shape index (κ2) is 9.44. The van der Waals surface area contributed by atoms with Crippen molar-refractivity contribution in [2.75, 3.05) is 0 Å². The molecule has 206 valence electrons. The van der Waals surface area contributed by atoms with Crippen LogP contribution >= 0.6 is 0 Å². The second-order valence-corrected chi connectivity index (χ2v) is 10.0. The Balaban J connectivity index is 1.55. The third kappa shape index (κ3) is 4.14. The van der Waals surface area contributed by atoms with Crippen LogP contribution in [0.3, 0.4) is 0 Å². The summed E-state index contributed by atoms with van der Waals surface area (Å²) >= 11 is 0. The molecule has 0 unspecified atom stereocenters. The lowest BCUT2D eigenvalue weighted by Gasteiger charge is -2.40. The van der Waals surface area contributed by atoms with Crippen molar-refractivity contribution in [2.24, 2.45) is 0 Å². The zero-order valence-corrected chi connectivity index (χ0v) is 20.8. The molecule has 6 rings (SSSR count). The summed E-state index contributed by atoms with van der Waals surface area (Å²) in [4.78, 5) is 0. The van der Waals surface area contributed by atoms with Gasteiger partial charge in [-0.3, -0.25) is 0 Å². The van der Waals surface area contributed by atoms with Crippen LogP contribution in [0.2, 0.25) is 0 Å². The minimum Gasteiger partial charge on any atom is -0.508 e. The number of rotatable bonds is 3. The van der Waals surface area contributed by atoms with E-state index in [0.717, 1.165) is 12.1 Å². The first-order chi connectivity index (χ1) is 19.1. The van der Waals surface area contributed by atoms with Crippen LogP contribution in [0.4, 0.5) is 0 Å². The summed E-state index contributed by atoms with van der Waals surface area (Å²) < 4.78 is 12.3. The van der Waals surface area contributed by atoms with Crippen molar-refractivity contribution in [3.8, 4) is 46.0 Å². The molecule has 0 aliphatic carbocycles. The van der Waals surface area contributed by atoms with Crippen LogP contribution in [0.15, 0.2) is 66.7 Å². The number of benzene rings is 4. The van der Waals surface area contributed by atoms with Gasteiger partial charge in [-0.15, -0.1) is 0 Å². The SMILES string of the molecule is Oc1ccc([C@H]2Oc3cc(O)cc(O)c3[C@H](c3c(O)cc(O)c4c3O[C@H](c3ccc(O)cc3)[C@H](O)C4)[C@H]2O)cc1. The third-order valence-electron chi connectivity index (χ3n) is 7.46. The van der Waals surface area contributed by atoms with E-state index >= 15 is 0 Å². The van der Waals surface area contributed by atoms with E-state index in [1.54, 1.807) is 24.3 Å². The van der Waals surface area contributed by atoms with Crippen molar-refractivity contribution in [1.82, 2.24) is 0 Å². The minimum atomic E-state index is -1.44. The molecule has 0 saturated heterocycles. The number of aliphatic hydroxyl groups is 2. The van der Waals surface area contributed by atoms with Crippen LogP contribution < -0.4 is 9.47 Å². The molecule has 2 heterocycles. The molecule has 0 saturated carbocycles. The Morgan fingerprint density at radius 3 is 1.77 bits per heavy atom. The van der Waals surface area contributed by atoms with E-state index in [9.17, 15) is 40.9 Å². The highest BCUT2D eigenvalue weighted by atomic mass is 16.5. The van der Waals surface area contributed by atoms with E-state index in [1.165, 1.54) is 30.3 Å². The molecule has 4 aromatic rings. The zero-order chi connectivity index (χ0) is 28.3. The van der Waals surface area contributed by atoms with Gasteiger partial charge in [-0.25, -0.2) is 0 Å². The van der Waals surface area contributed by atoms with Gasteiger partial charge in [-0.05, 0) is 35.4 Å². The number of phenols is 6. The van der Waals surface area contributed by atoms with Gasteiger partial charge in [0.05, 0.1) is 12.0 Å². The van der Waals surface area contributed by atoms with E-state index in [2.05, 4.69) is 0 Å². The molecule has 8 N–H and O–H groups in total. The summed E-state index contributed by atoms with van der Waals surface area (Å²) in [6.07, 6.45) is -4.61. The first kappa shape index (κ1) is 25.5. The maximum atomic E-state index is 11.7. The lowest BCUT2D eigenvalue weighted by molar-refractivity contribution is 0.00124. The molecule has 40 heavy (non-hydrogen) atoms. The quantitative estimate of drug-likeness (QED) is 0.189. The van der Waals surface area contributed by atoms with Crippen molar-refractivity contribution in [1.29, 1.82) is 0 Å². The highest BCUT2D eigenvalue weighted by Gasteiger charge is 2.46. The van der Waals surface area contributed by atoms with Gasteiger partial charge in [-0.2, -0.15) is 0 Å². The van der Waals surface area contributed by atoms with Gasteiger partial charge < -0.3 is 50.3 Å². The molecule has 0 radical (unpaired) electrons. The number of aliphatic hydroxyl groups excluding tert-OH is 2. The topological polar surface area (TPSA) is 180 Å². The Morgan fingerprint density at radius 1 is 0.575 bits per heavy atom. The molecular formula is C30H26O10. The highest BCUT2D eigenvalue weighted by Crippen LogP contribution is 2.57. The number of hydrogen-bond donors (Lipinski definition) is 8. The average Bonchev–Trinajstić information content (AvgIpc) is 2.91. The lowest BCUT2D eigenvalue weighted by atomic mass is 9.77. The number of aromatic hydroxyl groups is 6. The Morgan fingerprint density at radius 2 is 1.15 bits per heavy atom. The van der Waals surface area contributed by atoms with Gasteiger partial charge in [0.15, 0.2) is 6.10 Å². The van der Waals surface area contributed by atoms with E-state index in [4.69, 9.17) is 9.47 Å². The van der Waals surface area contributed by atoms with Crippen LogP contribution in [0.1, 0.15) is 45.9 Å². The normalized spacial score (nSPS) is 23.4. The first-order valence-corrected chi connectivity index (χ1v) is 12.5. The van der Waals surface area contributed by atoms with Gasteiger partial charge in [0, 0.05) is 41.3 Å². The number of ether oxygens (including phenoxy) is 2. The molecule has 4 aromatic carbocycles. The Labute approximate surface area is 227 Å². The van der Waals surface area contributed by atoms with Crippen molar-refractivity contribution in [3.05, 3.63) is 94.5 Å². The summed E-state index contributed by atoms with van der Waals surface area (Å²) in [5.74, 6) is -2.59. The van der Waals surface area contributed by atoms with E-state index in [0.29, 0.717) is 11.1 Å². The number of fused-ring (bicyclic) bond motifs is 2. The molecule has 5 atom stereocenters. The number of hydrogen-bond acceptors (Lipinski definition) is 10. The van der Waals surface area contributed by atoms with Crippen molar-refractivity contribution in [3.63, 3.8) is 0 Å². The van der Waals surface area contributed by atoms with Crippen LogP contribution in [0.25, 0.3) is 0 Å². The maximum Gasteiger partial charge on any atom is 0.150 e. The summed E-state index contributed by atoms with van der Waals surface area (Å²) in [5.41, 5.74) is 1.28. The summed E-state index contributed by atoms with van der Waals surface area (Å²) in [6, 6.07) is 15.4. The van der Waals surface area contributed by atoms with Crippen LogP contribution in [0, 0.1) is 0 Å². The summed E-state index contributed by atoms with van der Waals surface area (Å²) in [6.45, 7) is 0. The molecule has 0 fully saturated rings. The Hall–Kier alpha value is -4.80. The van der Waals surface area contributed by atoms with E-state index < -0.39 is 41.8 Å². The van der Waals surface area contributed by atoms with Crippen molar-refractivity contribution < 1.29 is 50.3 Å². The van der Waals surface area contributed by atoms with Crippen molar-refractivity contribution in [2.45, 2.75) is 36.8 Å². The largest absolute Gasteiger partial charge is 0.508 e. The summed E-state index contributed by atoms with van der Waals surface area (Å²) in [5, 5.41) is 85.1. The molecule has 0 amide bonds. The number of phenolic OH excluding ortho intramolecular Hbond substituents is 6. The predicted octanol–water partition coefficient (Wildman–Crippen LogP) is 3.58. The fraction of sp³-hybridized carbons (Fsp3) is 0.200. The smallest absolute Gasteiger partial charge is 0.150 e. The minimum absolute atomic E-state index is 0.00114. The average molecular weight is 547 g/mol. The van der Waals surface area contributed by atoms with Crippen LogP contribution in [-0.4, -0.2) is 53.1 Å². The molecule has 10 nitrogen and oxygen atoms in total. The third-order valence-corrected chi connectivity index (χ3v) is 7.46. The molecule has 10 heteroatoms. The zero-order valence-electron chi connectivity index (χ0n) is 20.8. The maximum absolute atomic E-state index is 11.7. The lowest BCUT2D eigenvalue weighted by Crippen LogP contribution is -2.36. The first-order valence-electron chi connectivity index (χ1n) is 12.5. The van der Waals surface area contributed by atoms with Gasteiger partial charge in [-0.1, -0.05) is 24.3 Å². The van der Waals surface area contributed by atoms with E-state index in [-0.39, 0.29) is 57.6 Å². The second-order valence-electron chi connectivity index (χ2n) is 10.0. The van der Waals surface area contributed by atoms with Gasteiger partial charge in [0.1, 0.15) is 58.2 Å². The van der Waals surface area contributed by atoms with Gasteiger partial charge >= 0.3 is 0 Å². The van der Waals surface area contributed by atoms with Gasteiger partial charge in [0.2, 0.25) is 0 Å². The molecule has 0 bridgehead atoms. The monoisotopic (exact) mass is 546 g/mol. The highest BCUT2D eigenvalue weighted by molar-refractivity contribution is 5.65. The molecule has 0 aromatic heterocycles. The predicted molar refractivity (Wildman–Crippen MR) is 140 cm³/mol. The Bertz CT molecular complexity index is 1580. The van der Waals surface area contributed by atoms with Crippen molar-refractivity contribution >= 4 is 0 Å².